The first-order chi connectivity index (χ1) is 18.4. The summed E-state index contributed by atoms with van der Waals surface area (Å²) >= 11 is 0. The summed E-state index contributed by atoms with van der Waals surface area (Å²) in [6.07, 6.45) is 7.17. The summed E-state index contributed by atoms with van der Waals surface area (Å²) in [5, 5.41) is 0. The zero-order valence-electron chi connectivity index (χ0n) is 28.2. The molecule has 0 aromatic heterocycles. The summed E-state index contributed by atoms with van der Waals surface area (Å²) in [4.78, 5) is 23.9. The highest BCUT2D eigenvalue weighted by Gasteiger charge is 2.58. The molecular formula is C26H58O9Si6. The van der Waals surface area contributed by atoms with Crippen LogP contribution >= 0.6 is 0 Å². The van der Waals surface area contributed by atoms with E-state index in [-0.39, 0.29) is 25.2 Å². The number of ether oxygens (including phenoxy) is 2. The minimum atomic E-state index is -3.44. The number of carbonyl (C=O) groups is 2. The highest BCUT2D eigenvalue weighted by Crippen LogP contribution is 2.35. The van der Waals surface area contributed by atoms with E-state index >= 15 is 0 Å². The first kappa shape index (κ1) is 40.5. The van der Waals surface area contributed by atoms with Crippen LogP contribution in [0.15, 0.2) is 24.3 Å². The molecule has 0 amide bonds. The molecule has 0 aromatic rings. The quantitative estimate of drug-likeness (QED) is 0.0567. The van der Waals surface area contributed by atoms with Crippen molar-refractivity contribution in [2.75, 3.05) is 13.2 Å². The average Bonchev–Trinajstić information content (AvgIpc) is 2.70. The van der Waals surface area contributed by atoms with Gasteiger partial charge in [0.05, 0.1) is 13.2 Å². The van der Waals surface area contributed by atoms with Gasteiger partial charge in [-0.2, -0.15) is 0 Å². The molecule has 0 aliphatic heterocycles. The Kier molecular flexibility index (Phi) is 16.9. The molecule has 0 aliphatic rings. The Morgan fingerprint density at radius 1 is 0.488 bits per heavy atom. The van der Waals surface area contributed by atoms with Gasteiger partial charge < -0.3 is 30.0 Å². The van der Waals surface area contributed by atoms with E-state index in [1.165, 1.54) is 12.2 Å². The Hall–Kier alpha value is -0.479. The molecule has 0 unspecified atom stereocenters. The van der Waals surface area contributed by atoms with Crippen LogP contribution in [0.1, 0.15) is 26.7 Å². The van der Waals surface area contributed by atoms with E-state index in [1.807, 2.05) is 0 Å². The van der Waals surface area contributed by atoms with E-state index in [0.29, 0.717) is 24.9 Å². The van der Waals surface area contributed by atoms with Crippen LogP contribution in [-0.4, -0.2) is 76.0 Å². The van der Waals surface area contributed by atoms with Gasteiger partial charge in [0.15, 0.2) is 33.3 Å². The van der Waals surface area contributed by atoms with Crippen LogP contribution in [0.25, 0.3) is 0 Å². The second-order valence-corrected chi connectivity index (χ2v) is 38.6. The maximum atomic E-state index is 12.0. The second kappa shape index (κ2) is 17.1. The van der Waals surface area contributed by atoms with Crippen molar-refractivity contribution in [3.8, 4) is 0 Å². The molecule has 0 aliphatic carbocycles. The summed E-state index contributed by atoms with van der Waals surface area (Å²) in [5.74, 6) is -0.753. The van der Waals surface area contributed by atoms with E-state index in [2.05, 4.69) is 78.6 Å². The summed E-state index contributed by atoms with van der Waals surface area (Å²) in [5.41, 5.74) is 0. The molecule has 240 valence electrons. The van der Waals surface area contributed by atoms with E-state index in [1.54, 1.807) is 26.0 Å². The van der Waals surface area contributed by atoms with Crippen LogP contribution in [0.2, 0.25) is 90.7 Å². The van der Waals surface area contributed by atoms with E-state index in [0.717, 1.165) is 0 Å². The first-order valence-electron chi connectivity index (χ1n) is 14.5. The maximum absolute atomic E-state index is 12.0. The van der Waals surface area contributed by atoms with Crippen molar-refractivity contribution < 1.29 is 39.6 Å². The van der Waals surface area contributed by atoms with Gasteiger partial charge in [-0.1, -0.05) is 12.2 Å². The van der Waals surface area contributed by atoms with E-state index in [4.69, 9.17) is 30.0 Å². The molecule has 0 heterocycles. The maximum Gasteiger partial charge on any atom is 0.472 e. The largest absolute Gasteiger partial charge is 0.472 e. The topological polar surface area (TPSA) is 98.8 Å². The zero-order chi connectivity index (χ0) is 32.2. The Morgan fingerprint density at radius 2 is 0.756 bits per heavy atom. The Bertz CT molecular complexity index is 767. The normalized spacial score (nSPS) is 14.2. The molecule has 0 aromatic carbocycles. The highest BCUT2D eigenvalue weighted by atomic mass is 28.5. The van der Waals surface area contributed by atoms with Crippen LogP contribution < -0.4 is 0 Å². The third-order valence-electron chi connectivity index (χ3n) is 4.51. The van der Waals surface area contributed by atoms with Crippen LogP contribution in [0.5, 0.6) is 0 Å². The van der Waals surface area contributed by atoms with Crippen LogP contribution in [-0.2, 0) is 39.6 Å². The molecule has 0 bridgehead atoms. The molecule has 0 atom stereocenters. The van der Waals surface area contributed by atoms with Crippen molar-refractivity contribution in [2.24, 2.45) is 0 Å². The number of carbonyl (C=O) groups excluding carboxylic acids is 2. The predicted octanol–water partition coefficient (Wildman–Crippen LogP) is 7.31. The highest BCUT2D eigenvalue weighted by molar-refractivity contribution is 6.92. The first-order valence-corrected chi connectivity index (χ1v) is 32.0. The molecule has 0 fully saturated rings. The third-order valence-corrected chi connectivity index (χ3v) is 23.7. The van der Waals surface area contributed by atoms with Gasteiger partial charge in [0.1, 0.15) is 0 Å². The van der Waals surface area contributed by atoms with Gasteiger partial charge >= 0.3 is 29.5 Å². The lowest BCUT2D eigenvalue weighted by molar-refractivity contribution is -0.138. The van der Waals surface area contributed by atoms with Crippen molar-refractivity contribution in [3.05, 3.63) is 24.3 Å². The lowest BCUT2D eigenvalue weighted by Gasteiger charge is -2.47. The van der Waals surface area contributed by atoms with Crippen LogP contribution in [0.3, 0.4) is 0 Å². The van der Waals surface area contributed by atoms with Gasteiger partial charge in [0, 0.05) is 24.2 Å². The zero-order valence-corrected chi connectivity index (χ0v) is 34.2. The summed E-state index contributed by atoms with van der Waals surface area (Å²) in [7, 11) is -15.6. The molecular weight excluding hydrogens is 625 g/mol. The molecule has 9 nitrogen and oxygen atoms in total. The predicted molar refractivity (Wildman–Crippen MR) is 181 cm³/mol. The van der Waals surface area contributed by atoms with Crippen LogP contribution in [0, 0.1) is 0 Å². The monoisotopic (exact) mass is 682 g/mol. The molecule has 0 saturated heterocycles. The van der Waals surface area contributed by atoms with Gasteiger partial charge in [-0.15, -0.1) is 0 Å². The number of hydrogen-bond donors (Lipinski definition) is 0. The van der Waals surface area contributed by atoms with E-state index < -0.39 is 50.9 Å². The second-order valence-electron chi connectivity index (χ2n) is 13.9. The lowest BCUT2D eigenvalue weighted by Crippen LogP contribution is -2.67. The SMILES string of the molecule is CC=CC(=O)OCCC[Si](O[Si](C)(C)C)(O[Si](C)(C)C)O[Si](CCCOC(=O)C=CC)(O[Si](C)(C)C)O[Si](C)(C)C. The Labute approximate surface area is 256 Å². The molecule has 0 spiro atoms. The van der Waals surface area contributed by atoms with Crippen LogP contribution in [0.4, 0.5) is 0 Å². The molecule has 15 heteroatoms. The fourth-order valence-corrected chi connectivity index (χ4v) is 27.5. The molecule has 0 N–H and O–H groups in total. The van der Waals surface area contributed by atoms with Crippen molar-refractivity contribution in [3.63, 3.8) is 0 Å². The standard InChI is InChI=1S/C26H58O9Si6/c1-15-19-25(27)29-21-17-23-40(31-36(3,4)5,32-37(6,7)8)35-41(33-38(9,10)11,34-39(12,13)14)24-18-22-30-26(28)20-16-2/h15-16,19-20H,17-18,21-24H2,1-14H3. The average molecular weight is 683 g/mol. The smallest absolute Gasteiger partial charge is 0.463 e. The van der Waals surface area contributed by atoms with Crippen molar-refractivity contribution in [1.82, 2.24) is 0 Å². The molecule has 0 saturated carbocycles. The van der Waals surface area contributed by atoms with Crippen molar-refractivity contribution >= 4 is 62.8 Å². The number of allylic oxidation sites excluding steroid dienone is 2. The fraction of sp³-hybridized carbons (Fsp3) is 0.769. The Balaban J connectivity index is 6.68. The summed E-state index contributed by atoms with van der Waals surface area (Å²) in [6, 6.07) is 0.944. The minimum absolute atomic E-state index is 0.227. The Morgan fingerprint density at radius 3 is 0.976 bits per heavy atom. The number of esters is 2. The summed E-state index contributed by atoms with van der Waals surface area (Å²) < 4.78 is 45.8. The molecule has 0 rings (SSSR count). The van der Waals surface area contributed by atoms with Gasteiger partial charge in [-0.3, -0.25) is 0 Å². The molecule has 0 radical (unpaired) electrons. The third kappa shape index (κ3) is 21.0. The number of rotatable bonds is 20. The van der Waals surface area contributed by atoms with Crippen molar-refractivity contribution in [1.29, 1.82) is 0 Å². The van der Waals surface area contributed by atoms with Gasteiger partial charge in [0.25, 0.3) is 0 Å². The molecule has 41 heavy (non-hydrogen) atoms. The fourth-order valence-electron chi connectivity index (χ4n) is 3.83. The van der Waals surface area contributed by atoms with E-state index in [9.17, 15) is 9.59 Å². The van der Waals surface area contributed by atoms with Gasteiger partial charge in [-0.25, -0.2) is 9.59 Å². The minimum Gasteiger partial charge on any atom is -0.463 e. The van der Waals surface area contributed by atoms with Gasteiger partial charge in [-0.05, 0) is 105 Å². The lowest BCUT2D eigenvalue weighted by atomic mass is 10.5. The number of hydrogen-bond acceptors (Lipinski definition) is 9. The summed E-state index contributed by atoms with van der Waals surface area (Å²) in [6.45, 7) is 29.5. The van der Waals surface area contributed by atoms with Crippen molar-refractivity contribution in [2.45, 2.75) is 117 Å². The van der Waals surface area contributed by atoms with Gasteiger partial charge in [0.2, 0.25) is 0 Å².